The van der Waals surface area contributed by atoms with Crippen molar-refractivity contribution in [3.8, 4) is 0 Å². The Bertz CT molecular complexity index is 394. The average molecular weight is 215 g/mol. The average Bonchev–Trinajstić information content (AvgIpc) is 2.74. The molecular formula is C14H17NO. The number of rotatable bonds is 4. The molecular weight excluding hydrogens is 198 g/mol. The zero-order chi connectivity index (χ0) is 11.4. The Morgan fingerprint density at radius 1 is 1.19 bits per heavy atom. The summed E-state index contributed by atoms with van der Waals surface area (Å²) >= 11 is 0. The van der Waals surface area contributed by atoms with Crippen LogP contribution in [0.4, 0.5) is 0 Å². The van der Waals surface area contributed by atoms with Gasteiger partial charge in [0.2, 0.25) is 0 Å². The van der Waals surface area contributed by atoms with E-state index in [2.05, 4.69) is 36.1 Å². The largest absolute Gasteiger partial charge is 0.371 e. The molecule has 0 amide bonds. The predicted octanol–water partition coefficient (Wildman–Crippen LogP) is 2.76. The van der Waals surface area contributed by atoms with Crippen LogP contribution in [0.5, 0.6) is 0 Å². The second-order valence-corrected chi connectivity index (χ2v) is 4.10. The van der Waals surface area contributed by atoms with Gasteiger partial charge in [-0.15, -0.1) is 0 Å². The number of benzene rings is 1. The summed E-state index contributed by atoms with van der Waals surface area (Å²) in [4.78, 5) is 13.5. The monoisotopic (exact) mass is 215 g/mol. The van der Waals surface area contributed by atoms with Crippen LogP contribution >= 0.6 is 0 Å². The smallest absolute Gasteiger partial charge is 0.157 e. The van der Waals surface area contributed by atoms with Gasteiger partial charge in [-0.05, 0) is 18.9 Å². The molecule has 2 rings (SSSR count). The zero-order valence-electron chi connectivity index (χ0n) is 9.65. The fourth-order valence-electron chi connectivity index (χ4n) is 2.05. The normalized spacial score (nSPS) is 15.1. The summed E-state index contributed by atoms with van der Waals surface area (Å²) in [6, 6.07) is 10.4. The Morgan fingerprint density at radius 3 is 2.50 bits per heavy atom. The van der Waals surface area contributed by atoms with Crippen molar-refractivity contribution in [2.24, 2.45) is 0 Å². The molecule has 0 atom stereocenters. The summed E-state index contributed by atoms with van der Waals surface area (Å²) < 4.78 is 0. The van der Waals surface area contributed by atoms with Gasteiger partial charge in [-0.1, -0.05) is 30.3 Å². The third-order valence-corrected chi connectivity index (χ3v) is 2.96. The molecule has 1 aromatic rings. The third-order valence-electron chi connectivity index (χ3n) is 2.96. The Balaban J connectivity index is 2.07. The van der Waals surface area contributed by atoms with E-state index in [4.69, 9.17) is 0 Å². The lowest BCUT2D eigenvalue weighted by Crippen LogP contribution is -2.21. The highest BCUT2D eigenvalue weighted by atomic mass is 16.1. The number of hydrogen-bond acceptors (Lipinski definition) is 2. The molecule has 0 aliphatic heterocycles. The van der Waals surface area contributed by atoms with Crippen LogP contribution < -0.4 is 0 Å². The van der Waals surface area contributed by atoms with Gasteiger partial charge in [0.25, 0.3) is 0 Å². The minimum absolute atomic E-state index is 0.265. The van der Waals surface area contributed by atoms with Gasteiger partial charge in [-0.3, -0.25) is 4.79 Å². The summed E-state index contributed by atoms with van der Waals surface area (Å²) in [5, 5.41) is 0. The van der Waals surface area contributed by atoms with Crippen molar-refractivity contribution in [3.05, 3.63) is 47.7 Å². The molecule has 1 aromatic carbocycles. The maximum Gasteiger partial charge on any atom is 0.157 e. The molecule has 2 nitrogen and oxygen atoms in total. The molecule has 0 saturated carbocycles. The van der Waals surface area contributed by atoms with Crippen molar-refractivity contribution in [2.45, 2.75) is 26.3 Å². The van der Waals surface area contributed by atoms with Crippen LogP contribution in [0.1, 0.15) is 25.3 Å². The molecule has 84 valence electrons. The first-order chi connectivity index (χ1) is 7.79. The lowest BCUT2D eigenvalue weighted by atomic mass is 10.2. The standard InChI is InChI=1S/C14H17NO/c1-2-15(13-8-9-14(16)10-13)11-12-6-4-3-5-7-12/h3-7,10H,2,8-9,11H2,1H3. The molecule has 16 heavy (non-hydrogen) atoms. The van der Waals surface area contributed by atoms with Crippen molar-refractivity contribution >= 4 is 5.78 Å². The second-order valence-electron chi connectivity index (χ2n) is 4.10. The number of ketones is 1. The molecule has 0 radical (unpaired) electrons. The fraction of sp³-hybridized carbons (Fsp3) is 0.357. The first kappa shape index (κ1) is 10.9. The lowest BCUT2D eigenvalue weighted by molar-refractivity contribution is -0.114. The summed E-state index contributed by atoms with van der Waals surface area (Å²) in [5.41, 5.74) is 2.49. The summed E-state index contributed by atoms with van der Waals surface area (Å²) in [5.74, 6) is 0.265. The lowest BCUT2D eigenvalue weighted by Gasteiger charge is -2.24. The van der Waals surface area contributed by atoms with Gasteiger partial charge >= 0.3 is 0 Å². The van der Waals surface area contributed by atoms with Crippen LogP contribution in [-0.2, 0) is 11.3 Å². The molecule has 1 aliphatic carbocycles. The van der Waals surface area contributed by atoms with Crippen LogP contribution in [0, 0.1) is 0 Å². The topological polar surface area (TPSA) is 20.3 Å². The Morgan fingerprint density at radius 2 is 1.94 bits per heavy atom. The van der Waals surface area contributed by atoms with E-state index in [1.165, 1.54) is 11.3 Å². The Kier molecular flexibility index (Phi) is 3.40. The number of carbonyl (C=O) groups excluding carboxylic acids is 1. The van der Waals surface area contributed by atoms with Gasteiger partial charge in [0.05, 0.1) is 0 Å². The van der Waals surface area contributed by atoms with E-state index in [0.717, 1.165) is 19.5 Å². The van der Waals surface area contributed by atoms with Gasteiger partial charge < -0.3 is 4.90 Å². The SMILES string of the molecule is CCN(Cc1ccccc1)C1=CC(=O)CC1. The number of nitrogens with zero attached hydrogens (tertiary/aromatic N) is 1. The van der Waals surface area contributed by atoms with E-state index in [-0.39, 0.29) is 5.78 Å². The van der Waals surface area contributed by atoms with Gasteiger partial charge in [0, 0.05) is 31.3 Å². The number of hydrogen-bond donors (Lipinski definition) is 0. The Labute approximate surface area is 96.6 Å². The molecule has 0 aromatic heterocycles. The van der Waals surface area contributed by atoms with Gasteiger partial charge in [-0.2, -0.15) is 0 Å². The maximum atomic E-state index is 11.2. The van der Waals surface area contributed by atoms with Crippen molar-refractivity contribution in [3.63, 3.8) is 0 Å². The highest BCUT2D eigenvalue weighted by Crippen LogP contribution is 2.21. The van der Waals surface area contributed by atoms with E-state index in [9.17, 15) is 4.79 Å². The van der Waals surface area contributed by atoms with E-state index in [0.29, 0.717) is 6.42 Å². The van der Waals surface area contributed by atoms with Crippen molar-refractivity contribution in [1.82, 2.24) is 4.90 Å². The molecule has 2 heteroatoms. The van der Waals surface area contributed by atoms with Crippen molar-refractivity contribution < 1.29 is 4.79 Å². The molecule has 1 aliphatic rings. The van der Waals surface area contributed by atoms with E-state index in [1.54, 1.807) is 6.08 Å². The molecule has 0 bridgehead atoms. The van der Waals surface area contributed by atoms with Gasteiger partial charge in [0.15, 0.2) is 5.78 Å². The van der Waals surface area contributed by atoms with Gasteiger partial charge in [0.1, 0.15) is 0 Å². The summed E-state index contributed by atoms with van der Waals surface area (Å²) in [6.07, 6.45) is 3.38. The fourth-order valence-corrected chi connectivity index (χ4v) is 2.05. The van der Waals surface area contributed by atoms with E-state index < -0.39 is 0 Å². The predicted molar refractivity (Wildman–Crippen MR) is 64.9 cm³/mol. The first-order valence-electron chi connectivity index (χ1n) is 5.82. The summed E-state index contributed by atoms with van der Waals surface area (Å²) in [7, 11) is 0. The van der Waals surface area contributed by atoms with Crippen LogP contribution in [0.3, 0.4) is 0 Å². The molecule has 0 spiro atoms. The van der Waals surface area contributed by atoms with Crippen LogP contribution in [-0.4, -0.2) is 17.2 Å². The van der Waals surface area contributed by atoms with Crippen LogP contribution in [0.15, 0.2) is 42.1 Å². The van der Waals surface area contributed by atoms with E-state index >= 15 is 0 Å². The molecule has 0 heterocycles. The van der Waals surface area contributed by atoms with Crippen LogP contribution in [0.2, 0.25) is 0 Å². The molecule has 0 fully saturated rings. The third kappa shape index (κ3) is 2.51. The minimum Gasteiger partial charge on any atom is -0.371 e. The number of carbonyl (C=O) groups is 1. The number of allylic oxidation sites excluding steroid dienone is 2. The zero-order valence-corrected chi connectivity index (χ0v) is 9.65. The summed E-state index contributed by atoms with van der Waals surface area (Å²) in [6.45, 7) is 3.98. The van der Waals surface area contributed by atoms with Crippen LogP contribution in [0.25, 0.3) is 0 Å². The minimum atomic E-state index is 0.265. The molecule has 0 saturated heterocycles. The second kappa shape index (κ2) is 4.97. The highest BCUT2D eigenvalue weighted by Gasteiger charge is 2.16. The quantitative estimate of drug-likeness (QED) is 0.769. The van der Waals surface area contributed by atoms with Gasteiger partial charge in [-0.25, -0.2) is 0 Å². The van der Waals surface area contributed by atoms with E-state index in [1.807, 2.05) is 6.07 Å². The molecule has 0 N–H and O–H groups in total. The molecule has 0 unspecified atom stereocenters. The highest BCUT2D eigenvalue weighted by molar-refractivity contribution is 5.92. The van der Waals surface area contributed by atoms with Crippen molar-refractivity contribution in [1.29, 1.82) is 0 Å². The maximum absolute atomic E-state index is 11.2. The first-order valence-corrected chi connectivity index (χ1v) is 5.82. The Hall–Kier alpha value is -1.57. The van der Waals surface area contributed by atoms with Crippen molar-refractivity contribution in [2.75, 3.05) is 6.54 Å².